The Hall–Kier alpha value is -3.81. The predicted octanol–water partition coefficient (Wildman–Crippen LogP) is 1.83. The largest absolute Gasteiger partial charge is 0.345 e. The highest BCUT2D eigenvalue weighted by molar-refractivity contribution is 5.76. The van der Waals surface area contributed by atoms with Crippen molar-refractivity contribution < 1.29 is 4.79 Å². The van der Waals surface area contributed by atoms with E-state index in [0.29, 0.717) is 17.2 Å². The number of nitrogens with one attached hydrogen (secondary N) is 1. The van der Waals surface area contributed by atoms with Crippen LogP contribution in [0.4, 0.5) is 0 Å². The SMILES string of the molecule is CC(NC(=O)Cn1nc(-c2ccccc2)ccc1=O)c1nnc2ccccn12. The molecule has 0 aliphatic carbocycles. The van der Waals surface area contributed by atoms with Crippen LogP contribution < -0.4 is 10.9 Å². The lowest BCUT2D eigenvalue weighted by molar-refractivity contribution is -0.122. The van der Waals surface area contributed by atoms with Gasteiger partial charge in [-0.3, -0.25) is 14.0 Å². The molecule has 1 unspecified atom stereocenters. The summed E-state index contributed by atoms with van der Waals surface area (Å²) >= 11 is 0. The monoisotopic (exact) mass is 374 g/mol. The zero-order valence-corrected chi connectivity index (χ0v) is 15.2. The third-order valence-corrected chi connectivity index (χ3v) is 4.33. The lowest BCUT2D eigenvalue weighted by Gasteiger charge is -2.13. The molecule has 4 aromatic rings. The van der Waals surface area contributed by atoms with Gasteiger partial charge in [-0.1, -0.05) is 36.4 Å². The Bertz CT molecular complexity index is 1180. The first kappa shape index (κ1) is 17.6. The average molecular weight is 374 g/mol. The van der Waals surface area contributed by atoms with Crippen molar-refractivity contribution in [3.05, 3.63) is 83.0 Å². The number of rotatable bonds is 5. The van der Waals surface area contributed by atoms with E-state index < -0.39 is 0 Å². The van der Waals surface area contributed by atoms with Gasteiger partial charge in [-0.2, -0.15) is 5.10 Å². The van der Waals surface area contributed by atoms with Gasteiger partial charge >= 0.3 is 0 Å². The van der Waals surface area contributed by atoms with E-state index in [-0.39, 0.29) is 24.1 Å². The molecule has 4 rings (SSSR count). The van der Waals surface area contributed by atoms with E-state index in [9.17, 15) is 9.59 Å². The first-order valence-electron chi connectivity index (χ1n) is 8.84. The van der Waals surface area contributed by atoms with Crippen molar-refractivity contribution in [2.24, 2.45) is 0 Å². The first-order chi connectivity index (χ1) is 13.6. The highest BCUT2D eigenvalue weighted by Gasteiger charge is 2.16. The van der Waals surface area contributed by atoms with E-state index >= 15 is 0 Å². The van der Waals surface area contributed by atoms with Gasteiger partial charge in [0.2, 0.25) is 5.91 Å². The average Bonchev–Trinajstić information content (AvgIpc) is 3.14. The fourth-order valence-electron chi connectivity index (χ4n) is 2.97. The smallest absolute Gasteiger partial charge is 0.267 e. The van der Waals surface area contributed by atoms with Gasteiger partial charge in [0.15, 0.2) is 11.5 Å². The molecule has 0 fully saturated rings. The number of hydrogen-bond donors (Lipinski definition) is 1. The topological polar surface area (TPSA) is 94.2 Å². The molecule has 140 valence electrons. The van der Waals surface area contributed by atoms with Crippen LogP contribution in [0.1, 0.15) is 18.8 Å². The Kier molecular flexibility index (Phi) is 4.67. The maximum atomic E-state index is 12.5. The third-order valence-electron chi connectivity index (χ3n) is 4.33. The van der Waals surface area contributed by atoms with Crippen LogP contribution in [0.2, 0.25) is 0 Å². The summed E-state index contributed by atoms with van der Waals surface area (Å²) in [6, 6.07) is 17.7. The summed E-state index contributed by atoms with van der Waals surface area (Å²) in [4.78, 5) is 24.6. The first-order valence-corrected chi connectivity index (χ1v) is 8.84. The van der Waals surface area contributed by atoms with Gasteiger partial charge in [0, 0.05) is 17.8 Å². The summed E-state index contributed by atoms with van der Waals surface area (Å²) in [6.07, 6.45) is 1.84. The molecule has 1 N–H and O–H groups in total. The Morgan fingerprint density at radius 3 is 2.64 bits per heavy atom. The maximum absolute atomic E-state index is 12.5. The van der Waals surface area contributed by atoms with Crippen molar-refractivity contribution in [1.82, 2.24) is 29.7 Å². The standard InChI is InChI=1S/C20H18N6O2/c1-14(20-23-22-17-9-5-6-12-25(17)20)21-18(27)13-26-19(28)11-10-16(24-26)15-7-3-2-4-8-15/h2-12,14H,13H2,1H3,(H,21,27). The molecule has 8 heteroatoms. The van der Waals surface area contributed by atoms with E-state index in [4.69, 9.17) is 0 Å². The molecule has 1 amide bonds. The number of carbonyl (C=O) groups excluding carboxylic acids is 1. The molecule has 0 spiro atoms. The van der Waals surface area contributed by atoms with E-state index in [1.807, 2.05) is 66.1 Å². The van der Waals surface area contributed by atoms with Crippen LogP contribution >= 0.6 is 0 Å². The molecule has 1 atom stereocenters. The zero-order valence-electron chi connectivity index (χ0n) is 15.2. The van der Waals surface area contributed by atoms with Gasteiger partial charge < -0.3 is 5.32 Å². The van der Waals surface area contributed by atoms with E-state index in [2.05, 4.69) is 20.6 Å². The molecule has 3 aromatic heterocycles. The molecule has 0 radical (unpaired) electrons. The molecular formula is C20H18N6O2. The van der Waals surface area contributed by atoms with Gasteiger partial charge in [0.1, 0.15) is 6.54 Å². The number of carbonyl (C=O) groups is 1. The normalized spacial score (nSPS) is 12.0. The molecule has 0 saturated carbocycles. The van der Waals surface area contributed by atoms with Crippen LogP contribution in [0.5, 0.6) is 0 Å². The van der Waals surface area contributed by atoms with Gasteiger partial charge in [-0.05, 0) is 25.1 Å². The van der Waals surface area contributed by atoms with Crippen LogP contribution in [0.15, 0.2) is 71.7 Å². The van der Waals surface area contributed by atoms with E-state index in [0.717, 1.165) is 10.2 Å². The second-order valence-electron chi connectivity index (χ2n) is 6.36. The summed E-state index contributed by atoms with van der Waals surface area (Å²) in [5.74, 6) is 0.280. The summed E-state index contributed by atoms with van der Waals surface area (Å²) in [6.45, 7) is 1.64. The molecule has 0 bridgehead atoms. The Balaban J connectivity index is 1.51. The fraction of sp³-hybridized carbons (Fsp3) is 0.150. The number of hydrogen-bond acceptors (Lipinski definition) is 5. The molecule has 0 aliphatic heterocycles. The van der Waals surface area contributed by atoms with Crippen LogP contribution in [-0.4, -0.2) is 30.3 Å². The maximum Gasteiger partial charge on any atom is 0.267 e. The number of aromatic nitrogens is 5. The number of benzene rings is 1. The molecule has 0 aliphatic rings. The Morgan fingerprint density at radius 2 is 1.82 bits per heavy atom. The van der Waals surface area contributed by atoms with E-state index in [1.54, 1.807) is 6.07 Å². The van der Waals surface area contributed by atoms with Gasteiger partial charge in [-0.25, -0.2) is 4.68 Å². The van der Waals surface area contributed by atoms with Crippen LogP contribution in [0.3, 0.4) is 0 Å². The highest BCUT2D eigenvalue weighted by atomic mass is 16.2. The number of fused-ring (bicyclic) bond motifs is 1. The van der Waals surface area contributed by atoms with E-state index in [1.165, 1.54) is 6.07 Å². The number of pyridine rings is 1. The van der Waals surface area contributed by atoms with Crippen molar-refractivity contribution in [2.45, 2.75) is 19.5 Å². The minimum absolute atomic E-state index is 0.180. The molecule has 28 heavy (non-hydrogen) atoms. The summed E-state index contributed by atoms with van der Waals surface area (Å²) < 4.78 is 2.97. The lowest BCUT2D eigenvalue weighted by Crippen LogP contribution is -2.35. The van der Waals surface area contributed by atoms with Crippen molar-refractivity contribution in [3.63, 3.8) is 0 Å². The second-order valence-corrected chi connectivity index (χ2v) is 6.36. The van der Waals surface area contributed by atoms with Crippen LogP contribution in [-0.2, 0) is 11.3 Å². The molecule has 3 heterocycles. The number of nitrogens with zero attached hydrogens (tertiary/aromatic N) is 5. The second kappa shape index (κ2) is 7.43. The third kappa shape index (κ3) is 3.52. The van der Waals surface area contributed by atoms with Gasteiger partial charge in [0.25, 0.3) is 5.56 Å². The zero-order chi connectivity index (χ0) is 19.5. The molecular weight excluding hydrogens is 356 g/mol. The van der Waals surface area contributed by atoms with Crippen molar-refractivity contribution >= 4 is 11.6 Å². The van der Waals surface area contributed by atoms with Crippen molar-refractivity contribution in [3.8, 4) is 11.3 Å². The quantitative estimate of drug-likeness (QED) is 0.575. The summed E-state index contributed by atoms with van der Waals surface area (Å²) in [5.41, 5.74) is 1.87. The highest BCUT2D eigenvalue weighted by Crippen LogP contribution is 2.14. The van der Waals surface area contributed by atoms with Crippen LogP contribution in [0, 0.1) is 0 Å². The summed E-state index contributed by atoms with van der Waals surface area (Å²) in [7, 11) is 0. The Morgan fingerprint density at radius 1 is 1.04 bits per heavy atom. The van der Waals surface area contributed by atoms with Gasteiger partial charge in [-0.15, -0.1) is 10.2 Å². The number of amides is 1. The molecule has 0 saturated heterocycles. The minimum atomic E-state index is -0.377. The van der Waals surface area contributed by atoms with Gasteiger partial charge in [0.05, 0.1) is 11.7 Å². The summed E-state index contributed by atoms with van der Waals surface area (Å²) in [5, 5.41) is 15.4. The van der Waals surface area contributed by atoms with Crippen LogP contribution in [0.25, 0.3) is 16.9 Å². The predicted molar refractivity (Wildman–Crippen MR) is 103 cm³/mol. The fourth-order valence-corrected chi connectivity index (χ4v) is 2.97. The molecule has 1 aromatic carbocycles. The van der Waals surface area contributed by atoms with Crippen molar-refractivity contribution in [2.75, 3.05) is 0 Å². The van der Waals surface area contributed by atoms with Crippen molar-refractivity contribution in [1.29, 1.82) is 0 Å². The Labute approximate surface area is 160 Å². The lowest BCUT2D eigenvalue weighted by atomic mass is 10.1. The minimum Gasteiger partial charge on any atom is -0.345 e. The molecule has 8 nitrogen and oxygen atoms in total.